The van der Waals surface area contributed by atoms with E-state index < -0.39 is 0 Å². The number of imidazole rings is 1. The number of nitrogens with one attached hydrogen (secondary N) is 1. The van der Waals surface area contributed by atoms with Crippen LogP contribution in [-0.4, -0.2) is 44.6 Å². The largest absolute Gasteiger partial charge is 0.357 e. The molecule has 1 unspecified atom stereocenters. The Morgan fingerprint density at radius 2 is 2.00 bits per heavy atom. The molecular formula is C14H23N7. The third-order valence-electron chi connectivity index (χ3n) is 3.36. The molecule has 0 aliphatic rings. The van der Waals surface area contributed by atoms with Crippen molar-refractivity contribution < 1.29 is 0 Å². The molecule has 7 nitrogen and oxygen atoms in total. The van der Waals surface area contributed by atoms with E-state index in [4.69, 9.17) is 0 Å². The van der Waals surface area contributed by atoms with Crippen molar-refractivity contribution in [1.29, 1.82) is 0 Å². The Hall–Kier alpha value is -2.18. The van der Waals surface area contributed by atoms with E-state index in [1.165, 1.54) is 0 Å². The zero-order chi connectivity index (χ0) is 15.4. The van der Waals surface area contributed by atoms with Gasteiger partial charge in [-0.05, 0) is 19.3 Å². The molecule has 2 heterocycles. The number of aromatic nitrogens is 5. The van der Waals surface area contributed by atoms with Gasteiger partial charge in [0.15, 0.2) is 0 Å². The Labute approximate surface area is 125 Å². The Kier molecular flexibility index (Phi) is 4.72. The SMILES string of the molecule is CNc1nc(N(C)C(C)CC(C)C)nc(-n2ccnc2)n1. The van der Waals surface area contributed by atoms with Gasteiger partial charge < -0.3 is 10.2 Å². The lowest BCUT2D eigenvalue weighted by atomic mass is 10.0. The van der Waals surface area contributed by atoms with E-state index >= 15 is 0 Å². The van der Waals surface area contributed by atoms with E-state index in [1.54, 1.807) is 24.1 Å². The Morgan fingerprint density at radius 3 is 2.57 bits per heavy atom. The van der Waals surface area contributed by atoms with Crippen LogP contribution in [-0.2, 0) is 0 Å². The van der Waals surface area contributed by atoms with Crippen molar-refractivity contribution in [2.75, 3.05) is 24.3 Å². The first-order valence-electron chi connectivity index (χ1n) is 7.16. The van der Waals surface area contributed by atoms with Crippen LogP contribution in [0, 0.1) is 5.92 Å². The average molecular weight is 289 g/mol. The number of hydrogen-bond acceptors (Lipinski definition) is 6. The van der Waals surface area contributed by atoms with Crippen molar-refractivity contribution in [2.45, 2.75) is 33.2 Å². The molecule has 0 saturated heterocycles. The predicted molar refractivity (Wildman–Crippen MR) is 83.8 cm³/mol. The summed E-state index contributed by atoms with van der Waals surface area (Å²) in [5.74, 6) is 2.39. The summed E-state index contributed by atoms with van der Waals surface area (Å²) in [6, 6.07) is 0.354. The van der Waals surface area contributed by atoms with Crippen LogP contribution >= 0.6 is 0 Å². The molecule has 0 aromatic carbocycles. The number of hydrogen-bond donors (Lipinski definition) is 1. The van der Waals surface area contributed by atoms with E-state index in [0.717, 1.165) is 6.42 Å². The summed E-state index contributed by atoms with van der Waals surface area (Å²) < 4.78 is 1.77. The molecule has 0 radical (unpaired) electrons. The van der Waals surface area contributed by atoms with Crippen molar-refractivity contribution in [2.24, 2.45) is 5.92 Å². The zero-order valence-corrected chi connectivity index (χ0v) is 13.3. The molecule has 0 fully saturated rings. The minimum Gasteiger partial charge on any atom is -0.357 e. The van der Waals surface area contributed by atoms with E-state index in [9.17, 15) is 0 Å². The lowest BCUT2D eigenvalue weighted by molar-refractivity contribution is 0.499. The van der Waals surface area contributed by atoms with Gasteiger partial charge >= 0.3 is 0 Å². The number of rotatable bonds is 6. The van der Waals surface area contributed by atoms with Crippen LogP contribution in [0.5, 0.6) is 0 Å². The molecule has 2 rings (SSSR count). The van der Waals surface area contributed by atoms with Crippen molar-refractivity contribution >= 4 is 11.9 Å². The number of anilines is 2. The van der Waals surface area contributed by atoms with Gasteiger partial charge in [0.2, 0.25) is 17.8 Å². The van der Waals surface area contributed by atoms with Crippen LogP contribution < -0.4 is 10.2 Å². The molecule has 1 N–H and O–H groups in total. The maximum Gasteiger partial charge on any atom is 0.241 e. The summed E-state index contributed by atoms with van der Waals surface area (Å²) in [7, 11) is 3.81. The maximum absolute atomic E-state index is 4.54. The quantitative estimate of drug-likeness (QED) is 0.876. The maximum atomic E-state index is 4.54. The Morgan fingerprint density at radius 1 is 1.24 bits per heavy atom. The second-order valence-corrected chi connectivity index (χ2v) is 5.57. The topological polar surface area (TPSA) is 71.8 Å². The van der Waals surface area contributed by atoms with Crippen LogP contribution in [0.4, 0.5) is 11.9 Å². The summed E-state index contributed by atoms with van der Waals surface area (Å²) >= 11 is 0. The fraction of sp³-hybridized carbons (Fsp3) is 0.571. The molecule has 0 spiro atoms. The van der Waals surface area contributed by atoms with E-state index in [2.05, 4.69) is 50.9 Å². The first kappa shape index (κ1) is 15.2. The van der Waals surface area contributed by atoms with Crippen molar-refractivity contribution in [1.82, 2.24) is 24.5 Å². The minimum atomic E-state index is 0.354. The van der Waals surface area contributed by atoms with Crippen molar-refractivity contribution in [3.05, 3.63) is 18.7 Å². The Balaban J connectivity index is 2.32. The van der Waals surface area contributed by atoms with Crippen LogP contribution in [0.3, 0.4) is 0 Å². The second-order valence-electron chi connectivity index (χ2n) is 5.57. The van der Waals surface area contributed by atoms with Gasteiger partial charge in [-0.25, -0.2) is 4.98 Å². The molecule has 2 aromatic heterocycles. The van der Waals surface area contributed by atoms with Gasteiger partial charge in [-0.3, -0.25) is 4.57 Å². The van der Waals surface area contributed by atoms with Crippen LogP contribution in [0.25, 0.3) is 5.95 Å². The van der Waals surface area contributed by atoms with Crippen molar-refractivity contribution in [3.63, 3.8) is 0 Å². The van der Waals surface area contributed by atoms with Gasteiger partial charge in [0.25, 0.3) is 0 Å². The summed E-state index contributed by atoms with van der Waals surface area (Å²) in [5, 5.41) is 2.98. The third-order valence-corrected chi connectivity index (χ3v) is 3.36. The highest BCUT2D eigenvalue weighted by Gasteiger charge is 2.16. The highest BCUT2D eigenvalue weighted by atomic mass is 15.3. The molecule has 0 amide bonds. The second kappa shape index (κ2) is 6.51. The first-order chi connectivity index (χ1) is 10.0. The van der Waals surface area contributed by atoms with E-state index in [1.807, 2.05) is 13.2 Å². The average Bonchev–Trinajstić information content (AvgIpc) is 2.99. The summed E-state index contributed by atoms with van der Waals surface area (Å²) in [4.78, 5) is 19.5. The minimum absolute atomic E-state index is 0.354. The lowest BCUT2D eigenvalue weighted by Crippen LogP contribution is -2.32. The molecule has 2 aromatic rings. The normalized spacial score (nSPS) is 12.5. The van der Waals surface area contributed by atoms with Gasteiger partial charge in [-0.2, -0.15) is 15.0 Å². The number of nitrogens with zero attached hydrogens (tertiary/aromatic N) is 6. The van der Waals surface area contributed by atoms with Gasteiger partial charge in [0.05, 0.1) is 0 Å². The highest BCUT2D eigenvalue weighted by Crippen LogP contribution is 2.17. The first-order valence-corrected chi connectivity index (χ1v) is 7.16. The monoisotopic (exact) mass is 289 g/mol. The fourth-order valence-electron chi connectivity index (χ4n) is 2.15. The van der Waals surface area contributed by atoms with Crippen molar-refractivity contribution in [3.8, 4) is 5.95 Å². The van der Waals surface area contributed by atoms with Gasteiger partial charge in [-0.15, -0.1) is 0 Å². The van der Waals surface area contributed by atoms with Crippen LogP contribution in [0.2, 0.25) is 0 Å². The zero-order valence-electron chi connectivity index (χ0n) is 13.3. The summed E-state index contributed by atoms with van der Waals surface area (Å²) in [6.07, 6.45) is 6.28. The van der Waals surface area contributed by atoms with Crippen LogP contribution in [0.15, 0.2) is 18.7 Å². The summed E-state index contributed by atoms with van der Waals surface area (Å²) in [6.45, 7) is 6.61. The smallest absolute Gasteiger partial charge is 0.241 e. The fourth-order valence-corrected chi connectivity index (χ4v) is 2.15. The molecule has 0 aliphatic heterocycles. The van der Waals surface area contributed by atoms with E-state index in [0.29, 0.717) is 29.8 Å². The molecule has 0 bridgehead atoms. The molecule has 114 valence electrons. The molecule has 21 heavy (non-hydrogen) atoms. The molecule has 0 aliphatic carbocycles. The third kappa shape index (κ3) is 3.68. The van der Waals surface area contributed by atoms with Crippen LogP contribution in [0.1, 0.15) is 27.2 Å². The molecule has 7 heteroatoms. The van der Waals surface area contributed by atoms with Gasteiger partial charge in [-0.1, -0.05) is 13.8 Å². The lowest BCUT2D eigenvalue weighted by Gasteiger charge is -2.26. The molecular weight excluding hydrogens is 266 g/mol. The highest BCUT2D eigenvalue weighted by molar-refractivity contribution is 5.40. The standard InChI is InChI=1S/C14H23N7/c1-10(2)8-11(3)20(5)13-17-12(15-4)18-14(19-13)21-7-6-16-9-21/h6-7,9-11H,8H2,1-5H3,(H,15,17,18,19). The van der Waals surface area contributed by atoms with Gasteiger partial charge in [0.1, 0.15) is 6.33 Å². The van der Waals surface area contributed by atoms with Gasteiger partial charge in [0, 0.05) is 32.5 Å². The van der Waals surface area contributed by atoms with E-state index in [-0.39, 0.29) is 0 Å². The molecule has 0 saturated carbocycles. The Bertz CT molecular complexity index is 565. The predicted octanol–water partition coefficient (Wildman–Crippen LogP) is 1.97. The molecule has 1 atom stereocenters. The summed E-state index contributed by atoms with van der Waals surface area (Å²) in [5.41, 5.74) is 0.